The van der Waals surface area contributed by atoms with Crippen molar-refractivity contribution in [3.63, 3.8) is 0 Å². The highest BCUT2D eigenvalue weighted by atomic mass is 16.2. The molecule has 2 heterocycles. The summed E-state index contributed by atoms with van der Waals surface area (Å²) in [5.41, 5.74) is 0.997. The third-order valence-electron chi connectivity index (χ3n) is 6.06. The predicted molar refractivity (Wildman–Crippen MR) is 108 cm³/mol. The fraction of sp³-hybridized carbons (Fsp3) is 0.435. The van der Waals surface area contributed by atoms with Crippen molar-refractivity contribution in [1.29, 1.82) is 0 Å². The summed E-state index contributed by atoms with van der Waals surface area (Å²) in [6, 6.07) is 10.2. The van der Waals surface area contributed by atoms with E-state index in [2.05, 4.69) is 6.92 Å². The average Bonchev–Trinajstić information content (AvgIpc) is 2.69. The van der Waals surface area contributed by atoms with Crippen molar-refractivity contribution in [3.8, 4) is 0 Å². The van der Waals surface area contributed by atoms with Crippen LogP contribution in [0.1, 0.15) is 54.3 Å². The molecule has 3 amide bonds. The van der Waals surface area contributed by atoms with Crippen LogP contribution in [-0.2, 0) is 4.79 Å². The van der Waals surface area contributed by atoms with E-state index >= 15 is 0 Å². The summed E-state index contributed by atoms with van der Waals surface area (Å²) >= 11 is 0. The van der Waals surface area contributed by atoms with Crippen molar-refractivity contribution in [3.05, 3.63) is 47.5 Å². The molecule has 0 unspecified atom stereocenters. The lowest BCUT2D eigenvalue weighted by atomic mass is 9.90. The van der Waals surface area contributed by atoms with E-state index in [1.807, 2.05) is 43.0 Å². The summed E-state index contributed by atoms with van der Waals surface area (Å²) in [5, 5.41) is 1.56. The van der Waals surface area contributed by atoms with Gasteiger partial charge >= 0.3 is 0 Å². The maximum absolute atomic E-state index is 13.4. The van der Waals surface area contributed by atoms with Crippen molar-refractivity contribution >= 4 is 28.5 Å². The van der Waals surface area contributed by atoms with E-state index in [0.29, 0.717) is 35.5 Å². The van der Waals surface area contributed by atoms with Crippen LogP contribution in [-0.4, -0.2) is 46.7 Å². The molecule has 1 atom stereocenters. The molecule has 0 aliphatic carbocycles. The first-order valence-corrected chi connectivity index (χ1v) is 10.1. The summed E-state index contributed by atoms with van der Waals surface area (Å²) in [6.07, 6.45) is 1.92. The van der Waals surface area contributed by atoms with Crippen LogP contribution in [0.4, 0.5) is 0 Å². The molecule has 146 valence electrons. The molecule has 0 radical (unpaired) electrons. The van der Waals surface area contributed by atoms with Crippen LogP contribution in [0.5, 0.6) is 0 Å². The Bertz CT molecular complexity index is 907. The summed E-state index contributed by atoms with van der Waals surface area (Å²) in [6.45, 7) is 7.36. The minimum atomic E-state index is -0.781. The van der Waals surface area contributed by atoms with Gasteiger partial charge in [0.1, 0.15) is 6.04 Å². The fourth-order valence-corrected chi connectivity index (χ4v) is 4.41. The molecule has 0 saturated carbocycles. The van der Waals surface area contributed by atoms with Crippen molar-refractivity contribution in [2.75, 3.05) is 13.1 Å². The Morgan fingerprint density at radius 2 is 1.50 bits per heavy atom. The molecule has 2 aliphatic rings. The highest BCUT2D eigenvalue weighted by Crippen LogP contribution is 2.33. The van der Waals surface area contributed by atoms with Gasteiger partial charge < -0.3 is 4.90 Å². The van der Waals surface area contributed by atoms with Gasteiger partial charge in [-0.3, -0.25) is 19.3 Å². The van der Waals surface area contributed by atoms with Gasteiger partial charge in [-0.25, -0.2) is 0 Å². The van der Waals surface area contributed by atoms with Gasteiger partial charge in [-0.1, -0.05) is 45.0 Å². The second-order valence-electron chi connectivity index (χ2n) is 8.39. The Kier molecular flexibility index (Phi) is 4.69. The number of carbonyl (C=O) groups excluding carboxylic acids is 3. The molecule has 1 fully saturated rings. The van der Waals surface area contributed by atoms with Gasteiger partial charge in [0.05, 0.1) is 0 Å². The van der Waals surface area contributed by atoms with Gasteiger partial charge in [0.15, 0.2) is 0 Å². The number of imide groups is 1. The zero-order valence-corrected chi connectivity index (χ0v) is 16.6. The van der Waals surface area contributed by atoms with E-state index in [9.17, 15) is 14.4 Å². The summed E-state index contributed by atoms with van der Waals surface area (Å²) < 4.78 is 0. The second kappa shape index (κ2) is 7.04. The number of piperidine rings is 1. The zero-order chi connectivity index (χ0) is 20.0. The second-order valence-corrected chi connectivity index (χ2v) is 8.39. The van der Waals surface area contributed by atoms with Gasteiger partial charge in [0.2, 0.25) is 5.91 Å². The number of nitrogens with zero attached hydrogens (tertiary/aromatic N) is 2. The smallest absolute Gasteiger partial charge is 0.262 e. The third-order valence-corrected chi connectivity index (χ3v) is 6.06. The molecule has 2 aromatic carbocycles. The van der Waals surface area contributed by atoms with Crippen LogP contribution < -0.4 is 0 Å². The molecule has 28 heavy (non-hydrogen) atoms. The minimum absolute atomic E-state index is 0.116. The number of likely N-dealkylation sites (tertiary alicyclic amines) is 1. The van der Waals surface area contributed by atoms with Crippen molar-refractivity contribution in [2.24, 2.45) is 11.8 Å². The molecule has 0 spiro atoms. The van der Waals surface area contributed by atoms with Crippen LogP contribution in [0.2, 0.25) is 0 Å². The maximum atomic E-state index is 13.4. The molecule has 1 saturated heterocycles. The lowest BCUT2D eigenvalue weighted by Gasteiger charge is -2.39. The highest BCUT2D eigenvalue weighted by molar-refractivity contribution is 6.26. The van der Waals surface area contributed by atoms with E-state index in [1.54, 1.807) is 12.1 Å². The van der Waals surface area contributed by atoms with Crippen LogP contribution >= 0.6 is 0 Å². The molecular formula is C23H26N2O3. The van der Waals surface area contributed by atoms with Gasteiger partial charge in [-0.05, 0) is 42.2 Å². The topological polar surface area (TPSA) is 57.7 Å². The largest absolute Gasteiger partial charge is 0.341 e. The molecule has 5 heteroatoms. The Morgan fingerprint density at radius 3 is 2.00 bits per heavy atom. The first-order valence-electron chi connectivity index (χ1n) is 10.1. The molecule has 4 rings (SSSR count). The molecule has 2 aliphatic heterocycles. The number of benzene rings is 2. The van der Waals surface area contributed by atoms with E-state index < -0.39 is 6.04 Å². The molecule has 2 aromatic rings. The number of rotatable bonds is 3. The molecular weight excluding hydrogens is 352 g/mol. The number of hydrogen-bond donors (Lipinski definition) is 0. The van der Waals surface area contributed by atoms with Gasteiger partial charge in [0.25, 0.3) is 11.8 Å². The molecule has 0 bridgehead atoms. The summed E-state index contributed by atoms with van der Waals surface area (Å²) in [7, 11) is 0. The van der Waals surface area contributed by atoms with E-state index in [1.165, 1.54) is 4.90 Å². The lowest BCUT2D eigenvalue weighted by Crippen LogP contribution is -2.57. The van der Waals surface area contributed by atoms with Crippen LogP contribution in [0, 0.1) is 11.8 Å². The molecule has 5 nitrogen and oxygen atoms in total. The number of hydrogen-bond acceptors (Lipinski definition) is 3. The standard InChI is InChI=1S/C23H26N2O3/c1-14(2)20(23(28)24-12-10-15(3)11-13-24)25-21(26)17-8-4-6-16-7-5-9-18(19(16)17)22(25)27/h4-9,14-15,20H,10-13H2,1-3H3/t20-/m1/s1. The lowest BCUT2D eigenvalue weighted by molar-refractivity contribution is -0.138. The zero-order valence-electron chi connectivity index (χ0n) is 16.6. The Labute approximate surface area is 165 Å². The highest BCUT2D eigenvalue weighted by Gasteiger charge is 2.43. The van der Waals surface area contributed by atoms with E-state index in [4.69, 9.17) is 0 Å². The number of amides is 3. The van der Waals surface area contributed by atoms with Crippen LogP contribution in [0.3, 0.4) is 0 Å². The average molecular weight is 378 g/mol. The quantitative estimate of drug-likeness (QED) is 0.765. The monoisotopic (exact) mass is 378 g/mol. The minimum Gasteiger partial charge on any atom is -0.341 e. The van der Waals surface area contributed by atoms with E-state index in [-0.39, 0.29) is 23.6 Å². The molecule has 0 N–H and O–H groups in total. The fourth-order valence-electron chi connectivity index (χ4n) is 4.41. The Hall–Kier alpha value is -2.69. The third kappa shape index (κ3) is 2.89. The van der Waals surface area contributed by atoms with Crippen LogP contribution in [0.15, 0.2) is 36.4 Å². The van der Waals surface area contributed by atoms with Crippen molar-refractivity contribution in [2.45, 2.75) is 39.7 Å². The SMILES string of the molecule is CC1CCN(C(=O)[C@@H](C(C)C)N2C(=O)c3cccc4cccc(c34)C2=O)CC1. The Balaban J connectivity index is 1.75. The van der Waals surface area contributed by atoms with Crippen molar-refractivity contribution < 1.29 is 14.4 Å². The summed E-state index contributed by atoms with van der Waals surface area (Å²) in [5.74, 6) is -0.415. The first-order chi connectivity index (χ1) is 13.4. The van der Waals surface area contributed by atoms with Gasteiger partial charge in [-0.15, -0.1) is 0 Å². The van der Waals surface area contributed by atoms with Gasteiger partial charge in [0, 0.05) is 29.6 Å². The first kappa shape index (κ1) is 18.7. The van der Waals surface area contributed by atoms with E-state index in [0.717, 1.165) is 18.2 Å². The predicted octanol–water partition coefficient (Wildman–Crippen LogP) is 3.72. The number of carbonyl (C=O) groups is 3. The Morgan fingerprint density at radius 1 is 0.964 bits per heavy atom. The van der Waals surface area contributed by atoms with Crippen molar-refractivity contribution in [1.82, 2.24) is 9.80 Å². The molecule has 0 aromatic heterocycles. The maximum Gasteiger partial charge on any atom is 0.262 e. The van der Waals surface area contributed by atoms with Crippen LogP contribution in [0.25, 0.3) is 10.8 Å². The summed E-state index contributed by atoms with van der Waals surface area (Å²) in [4.78, 5) is 43.1. The normalized spacial score (nSPS) is 18.9. The van der Waals surface area contributed by atoms with Gasteiger partial charge in [-0.2, -0.15) is 0 Å².